The quantitative estimate of drug-likeness (QED) is 0.715. The molecule has 0 saturated heterocycles. The van der Waals surface area contributed by atoms with Crippen LogP contribution in [-0.2, 0) is 4.79 Å². The van der Waals surface area contributed by atoms with Gasteiger partial charge >= 0.3 is 0 Å². The summed E-state index contributed by atoms with van der Waals surface area (Å²) in [5.41, 5.74) is 1.97. The number of methoxy groups -OCH3 is 1. The lowest BCUT2D eigenvalue weighted by atomic mass is 9.89. The minimum atomic E-state index is -0.523. The summed E-state index contributed by atoms with van der Waals surface area (Å²) in [5.74, 6) is -0.197. The molecule has 27 heavy (non-hydrogen) atoms. The summed E-state index contributed by atoms with van der Waals surface area (Å²) in [7, 11) is 1.47. The molecule has 6 nitrogen and oxygen atoms in total. The first kappa shape index (κ1) is 17.4. The molecule has 0 unspecified atom stereocenters. The fourth-order valence-electron chi connectivity index (χ4n) is 3.24. The second-order valence-corrected chi connectivity index (χ2v) is 6.59. The molecule has 1 amide bonds. The molecule has 0 bridgehead atoms. The van der Waals surface area contributed by atoms with Crippen LogP contribution >= 0.6 is 11.6 Å². The van der Waals surface area contributed by atoms with Crippen molar-refractivity contribution in [2.75, 3.05) is 12.4 Å². The smallest absolute Gasteiger partial charge is 0.226 e. The Morgan fingerprint density at radius 1 is 1.33 bits per heavy atom. The van der Waals surface area contributed by atoms with Gasteiger partial charge in [-0.2, -0.15) is 0 Å². The Hall–Kier alpha value is -3.06. The minimum Gasteiger partial charge on any atom is -0.504 e. The zero-order chi connectivity index (χ0) is 19.1. The van der Waals surface area contributed by atoms with Gasteiger partial charge < -0.3 is 15.2 Å². The van der Waals surface area contributed by atoms with Crippen LogP contribution in [-0.4, -0.2) is 27.7 Å². The van der Waals surface area contributed by atoms with Crippen molar-refractivity contribution in [2.24, 2.45) is 0 Å². The molecule has 2 N–H and O–H groups in total. The molecule has 0 radical (unpaired) electrons. The summed E-state index contributed by atoms with van der Waals surface area (Å²) in [6, 6.07) is 9.28. The molecular weight excluding hydrogens is 373 g/mol. The third-order valence-electron chi connectivity index (χ3n) is 4.56. The molecule has 0 fully saturated rings. The summed E-state index contributed by atoms with van der Waals surface area (Å²) in [6.07, 6.45) is 1.75. The summed E-state index contributed by atoms with van der Waals surface area (Å²) in [4.78, 5) is 16.7. The highest BCUT2D eigenvalue weighted by Gasteiger charge is 2.31. The molecule has 1 aliphatic rings. The predicted molar refractivity (Wildman–Crippen MR) is 98.3 cm³/mol. The average molecular weight is 388 g/mol. The fraction of sp³-hybridized carbons (Fsp3) is 0.158. The predicted octanol–water partition coefficient (Wildman–Crippen LogP) is 3.85. The number of aromatic hydroxyl groups is 1. The van der Waals surface area contributed by atoms with Crippen LogP contribution in [0, 0.1) is 5.82 Å². The first-order valence-corrected chi connectivity index (χ1v) is 8.55. The fourth-order valence-corrected chi connectivity index (χ4v) is 3.41. The lowest BCUT2D eigenvalue weighted by Gasteiger charge is -2.23. The van der Waals surface area contributed by atoms with E-state index in [-0.39, 0.29) is 29.0 Å². The summed E-state index contributed by atoms with van der Waals surface area (Å²) >= 11 is 5.88. The number of carbonyl (C=O) groups is 1. The van der Waals surface area contributed by atoms with E-state index in [1.807, 2.05) is 0 Å². The Kier molecular flexibility index (Phi) is 4.24. The van der Waals surface area contributed by atoms with Gasteiger partial charge in [-0.3, -0.25) is 9.36 Å². The third kappa shape index (κ3) is 3.00. The molecular formula is C19H15ClFN3O3. The van der Waals surface area contributed by atoms with Crippen molar-refractivity contribution in [1.82, 2.24) is 9.55 Å². The van der Waals surface area contributed by atoms with Crippen LogP contribution in [0.2, 0.25) is 5.02 Å². The van der Waals surface area contributed by atoms with E-state index in [1.165, 1.54) is 19.2 Å². The van der Waals surface area contributed by atoms with E-state index in [0.717, 1.165) is 5.56 Å². The largest absolute Gasteiger partial charge is 0.504 e. The van der Waals surface area contributed by atoms with Crippen molar-refractivity contribution in [2.45, 2.75) is 12.3 Å². The maximum absolute atomic E-state index is 13.5. The number of nitrogens with zero attached hydrogens (tertiary/aromatic N) is 2. The Morgan fingerprint density at radius 3 is 2.85 bits per heavy atom. The van der Waals surface area contributed by atoms with E-state index in [0.29, 0.717) is 22.9 Å². The average Bonchev–Trinajstić information content (AvgIpc) is 3.07. The number of carbonyl (C=O) groups excluding carboxylic acids is 1. The number of ether oxygens (including phenoxy) is 1. The molecule has 138 valence electrons. The topological polar surface area (TPSA) is 76.4 Å². The maximum Gasteiger partial charge on any atom is 0.226 e. The number of imidazole rings is 1. The number of hydrogen-bond donors (Lipinski definition) is 2. The van der Waals surface area contributed by atoms with Crippen molar-refractivity contribution in [3.05, 3.63) is 64.8 Å². The number of halogens is 2. The van der Waals surface area contributed by atoms with E-state index >= 15 is 0 Å². The van der Waals surface area contributed by atoms with Crippen LogP contribution in [0.25, 0.3) is 5.69 Å². The second-order valence-electron chi connectivity index (χ2n) is 6.18. The highest BCUT2D eigenvalue weighted by atomic mass is 35.5. The molecule has 0 aliphatic carbocycles. The number of anilines is 1. The van der Waals surface area contributed by atoms with Crippen LogP contribution in [0.3, 0.4) is 0 Å². The normalized spacial score (nSPS) is 16.0. The second kappa shape index (κ2) is 6.59. The van der Waals surface area contributed by atoms with Crippen LogP contribution < -0.4 is 10.1 Å². The zero-order valence-electron chi connectivity index (χ0n) is 14.2. The number of amides is 1. The van der Waals surface area contributed by atoms with Crippen molar-refractivity contribution in [3.63, 3.8) is 0 Å². The van der Waals surface area contributed by atoms with Gasteiger partial charge in [-0.05, 0) is 35.9 Å². The lowest BCUT2D eigenvalue weighted by molar-refractivity contribution is -0.116. The van der Waals surface area contributed by atoms with Crippen LogP contribution in [0.5, 0.6) is 11.5 Å². The number of phenols is 1. The van der Waals surface area contributed by atoms with Gasteiger partial charge in [-0.15, -0.1) is 0 Å². The van der Waals surface area contributed by atoms with E-state index in [1.54, 1.807) is 35.2 Å². The highest BCUT2D eigenvalue weighted by Crippen LogP contribution is 2.40. The number of fused-ring (bicyclic) bond motifs is 1. The molecule has 4 rings (SSSR count). The Labute approximate surface area is 159 Å². The van der Waals surface area contributed by atoms with Gasteiger partial charge in [0.05, 0.1) is 23.5 Å². The van der Waals surface area contributed by atoms with Gasteiger partial charge in [0, 0.05) is 12.3 Å². The maximum atomic E-state index is 13.5. The van der Waals surface area contributed by atoms with Gasteiger partial charge in [0.25, 0.3) is 0 Å². The van der Waals surface area contributed by atoms with Crippen molar-refractivity contribution in [3.8, 4) is 17.2 Å². The Morgan fingerprint density at radius 2 is 2.15 bits per heavy atom. The minimum absolute atomic E-state index is 0.00715. The van der Waals surface area contributed by atoms with Crippen molar-refractivity contribution < 1.29 is 19.0 Å². The van der Waals surface area contributed by atoms with Gasteiger partial charge in [0.1, 0.15) is 18.0 Å². The van der Waals surface area contributed by atoms with E-state index in [4.69, 9.17) is 16.3 Å². The molecule has 2 heterocycles. The summed E-state index contributed by atoms with van der Waals surface area (Å²) in [5, 5.41) is 12.9. The standard InChI is InChI=1S/C19H15ClFN3O3/c1-27-16-5-2-10(6-15(16)25)12-8-17(26)23-19-18(12)22-9-24(19)11-3-4-14(21)13(20)7-11/h2-7,9,12,25H,8H2,1H3,(H,23,26)/t12-/m0/s1. The summed E-state index contributed by atoms with van der Waals surface area (Å²) < 4.78 is 20.2. The van der Waals surface area contributed by atoms with Crippen molar-refractivity contribution >= 4 is 23.3 Å². The monoisotopic (exact) mass is 387 g/mol. The first-order chi connectivity index (χ1) is 13.0. The van der Waals surface area contributed by atoms with Gasteiger partial charge in [0.15, 0.2) is 11.5 Å². The number of benzene rings is 2. The van der Waals surface area contributed by atoms with Crippen LogP contribution in [0.4, 0.5) is 10.2 Å². The van der Waals surface area contributed by atoms with Gasteiger partial charge in [0.2, 0.25) is 5.91 Å². The van der Waals surface area contributed by atoms with E-state index in [9.17, 15) is 14.3 Å². The lowest BCUT2D eigenvalue weighted by Crippen LogP contribution is -2.24. The first-order valence-electron chi connectivity index (χ1n) is 8.17. The molecule has 1 aliphatic heterocycles. The SMILES string of the molecule is COc1ccc([C@@H]2CC(=O)Nc3c2ncn3-c2ccc(F)c(Cl)c2)cc1O. The third-order valence-corrected chi connectivity index (χ3v) is 4.85. The number of aromatic nitrogens is 2. The molecule has 8 heteroatoms. The van der Waals surface area contributed by atoms with Gasteiger partial charge in [-0.25, -0.2) is 9.37 Å². The molecule has 1 aromatic heterocycles. The summed E-state index contributed by atoms with van der Waals surface area (Å²) in [6.45, 7) is 0. The van der Waals surface area contributed by atoms with E-state index in [2.05, 4.69) is 10.3 Å². The molecule has 3 aromatic rings. The Bertz CT molecular complexity index is 1050. The number of phenolic OH excluding ortho intramolecular Hbond substituents is 1. The molecule has 0 spiro atoms. The highest BCUT2D eigenvalue weighted by molar-refractivity contribution is 6.30. The number of hydrogen-bond acceptors (Lipinski definition) is 4. The zero-order valence-corrected chi connectivity index (χ0v) is 15.0. The molecule has 0 saturated carbocycles. The molecule has 1 atom stereocenters. The van der Waals surface area contributed by atoms with Crippen LogP contribution in [0.15, 0.2) is 42.7 Å². The van der Waals surface area contributed by atoms with E-state index < -0.39 is 5.82 Å². The van der Waals surface area contributed by atoms with Gasteiger partial charge in [-0.1, -0.05) is 17.7 Å². The number of rotatable bonds is 3. The van der Waals surface area contributed by atoms with Crippen LogP contribution in [0.1, 0.15) is 23.6 Å². The molecule has 2 aromatic carbocycles. The number of nitrogens with one attached hydrogen (secondary N) is 1. The Balaban J connectivity index is 1.79. The van der Waals surface area contributed by atoms with Crippen molar-refractivity contribution in [1.29, 1.82) is 0 Å².